The number of aryl methyl sites for hydroxylation is 1. The molecule has 5 nitrogen and oxygen atoms in total. The predicted molar refractivity (Wildman–Crippen MR) is 126 cm³/mol. The van der Waals surface area contributed by atoms with Crippen LogP contribution in [0.15, 0.2) is 60.8 Å². The molecule has 1 fully saturated rings. The van der Waals surface area contributed by atoms with Crippen molar-refractivity contribution in [3.63, 3.8) is 0 Å². The van der Waals surface area contributed by atoms with Crippen molar-refractivity contribution in [1.82, 2.24) is 4.98 Å². The van der Waals surface area contributed by atoms with E-state index in [1.54, 1.807) is 13.3 Å². The molecule has 160 valence electrons. The van der Waals surface area contributed by atoms with Gasteiger partial charge in [-0.05, 0) is 72.9 Å². The molecule has 31 heavy (non-hydrogen) atoms. The fraction of sp³-hybridized carbons (Fsp3) is 0.308. The lowest BCUT2D eigenvalue weighted by Gasteiger charge is -2.21. The van der Waals surface area contributed by atoms with Gasteiger partial charge in [0.2, 0.25) is 0 Å². The first-order valence-corrected chi connectivity index (χ1v) is 10.9. The van der Waals surface area contributed by atoms with Gasteiger partial charge < -0.3 is 15.0 Å². The highest BCUT2D eigenvalue weighted by Crippen LogP contribution is 2.27. The molecule has 4 rings (SSSR count). The van der Waals surface area contributed by atoms with E-state index in [2.05, 4.69) is 15.2 Å². The van der Waals surface area contributed by atoms with Gasteiger partial charge in [0, 0.05) is 18.7 Å². The summed E-state index contributed by atoms with van der Waals surface area (Å²) in [7, 11) is 1.65. The Morgan fingerprint density at radius 3 is 2.35 bits per heavy atom. The molecule has 2 heterocycles. The molecule has 1 saturated heterocycles. The molecule has 0 unspecified atom stereocenters. The second-order valence-corrected chi connectivity index (χ2v) is 8.02. The fourth-order valence-corrected chi connectivity index (χ4v) is 3.99. The number of pyridine rings is 1. The highest BCUT2D eigenvalue weighted by molar-refractivity contribution is 6.05. The second kappa shape index (κ2) is 9.65. The lowest BCUT2D eigenvalue weighted by molar-refractivity contribution is 0.102. The Morgan fingerprint density at radius 1 is 0.968 bits per heavy atom. The van der Waals surface area contributed by atoms with Crippen LogP contribution < -0.4 is 15.0 Å². The Morgan fingerprint density at radius 2 is 1.71 bits per heavy atom. The Kier molecular flexibility index (Phi) is 6.51. The molecule has 1 aromatic heterocycles. The molecule has 3 aromatic rings. The van der Waals surface area contributed by atoms with Gasteiger partial charge in [0.1, 0.15) is 11.6 Å². The zero-order chi connectivity index (χ0) is 21.6. The van der Waals surface area contributed by atoms with E-state index >= 15 is 0 Å². The van der Waals surface area contributed by atoms with Gasteiger partial charge in [0.05, 0.1) is 19.0 Å². The van der Waals surface area contributed by atoms with Crippen LogP contribution in [-0.4, -0.2) is 31.1 Å². The summed E-state index contributed by atoms with van der Waals surface area (Å²) < 4.78 is 5.24. The number of hydrogen-bond acceptors (Lipinski definition) is 4. The molecule has 1 aliphatic heterocycles. The van der Waals surface area contributed by atoms with Crippen molar-refractivity contribution in [3.8, 4) is 16.9 Å². The van der Waals surface area contributed by atoms with E-state index in [1.807, 2.05) is 61.5 Å². The zero-order valence-corrected chi connectivity index (χ0v) is 18.2. The third-order valence-electron chi connectivity index (χ3n) is 5.84. The second-order valence-electron chi connectivity index (χ2n) is 8.02. The van der Waals surface area contributed by atoms with Crippen molar-refractivity contribution in [2.24, 2.45) is 0 Å². The number of anilines is 2. The van der Waals surface area contributed by atoms with Crippen LogP contribution in [-0.2, 0) is 0 Å². The third-order valence-corrected chi connectivity index (χ3v) is 5.84. The highest BCUT2D eigenvalue weighted by atomic mass is 16.5. The number of carbonyl (C=O) groups excluding carboxylic acids is 1. The predicted octanol–water partition coefficient (Wildman–Crippen LogP) is 5.70. The maximum absolute atomic E-state index is 12.9. The Hall–Kier alpha value is -3.34. The van der Waals surface area contributed by atoms with Gasteiger partial charge in [-0.2, -0.15) is 0 Å². The maximum Gasteiger partial charge on any atom is 0.255 e. The number of carbonyl (C=O) groups is 1. The lowest BCUT2D eigenvalue weighted by Crippen LogP contribution is -2.24. The maximum atomic E-state index is 12.9. The molecule has 5 heteroatoms. The van der Waals surface area contributed by atoms with E-state index in [-0.39, 0.29) is 5.91 Å². The molecule has 0 bridgehead atoms. The molecule has 1 aliphatic rings. The largest absolute Gasteiger partial charge is 0.497 e. The smallest absolute Gasteiger partial charge is 0.255 e. The SMILES string of the molecule is COc1ccc(-c2cc(C(=O)Nc3ccc(N4CCCCCC4)nc3)ccc2C)cc1. The first-order valence-electron chi connectivity index (χ1n) is 10.9. The molecular weight excluding hydrogens is 386 g/mol. The molecule has 1 N–H and O–H groups in total. The molecule has 0 atom stereocenters. The molecule has 0 aliphatic carbocycles. The van der Waals surface area contributed by atoms with E-state index in [1.165, 1.54) is 25.7 Å². The van der Waals surface area contributed by atoms with Gasteiger partial charge in [-0.1, -0.05) is 31.0 Å². The minimum atomic E-state index is -0.140. The summed E-state index contributed by atoms with van der Waals surface area (Å²) in [5.41, 5.74) is 4.52. The van der Waals surface area contributed by atoms with Crippen molar-refractivity contribution in [1.29, 1.82) is 0 Å². The quantitative estimate of drug-likeness (QED) is 0.581. The topological polar surface area (TPSA) is 54.5 Å². The summed E-state index contributed by atoms with van der Waals surface area (Å²) in [5, 5.41) is 2.98. The number of nitrogens with one attached hydrogen (secondary N) is 1. The molecule has 0 saturated carbocycles. The van der Waals surface area contributed by atoms with Crippen molar-refractivity contribution in [3.05, 3.63) is 71.9 Å². The third kappa shape index (κ3) is 5.05. The van der Waals surface area contributed by atoms with Crippen molar-refractivity contribution in [2.75, 3.05) is 30.4 Å². The first-order chi connectivity index (χ1) is 15.1. The molecular formula is C26H29N3O2. The van der Waals surface area contributed by atoms with Crippen LogP contribution in [0.5, 0.6) is 5.75 Å². The Labute approximate surface area is 184 Å². The summed E-state index contributed by atoms with van der Waals surface area (Å²) in [6.45, 7) is 4.15. The number of methoxy groups -OCH3 is 1. The monoisotopic (exact) mass is 415 g/mol. The number of benzene rings is 2. The molecule has 2 aromatic carbocycles. The summed E-state index contributed by atoms with van der Waals surface area (Å²) in [4.78, 5) is 19.8. The number of ether oxygens (including phenoxy) is 1. The fourth-order valence-electron chi connectivity index (χ4n) is 3.99. The van der Waals surface area contributed by atoms with Crippen molar-refractivity contribution in [2.45, 2.75) is 32.6 Å². The van der Waals surface area contributed by atoms with Gasteiger partial charge in [-0.25, -0.2) is 4.98 Å². The highest BCUT2D eigenvalue weighted by Gasteiger charge is 2.13. The summed E-state index contributed by atoms with van der Waals surface area (Å²) in [5.74, 6) is 1.66. The molecule has 0 radical (unpaired) electrons. The number of hydrogen-bond donors (Lipinski definition) is 1. The van der Waals surface area contributed by atoms with Gasteiger partial charge >= 0.3 is 0 Å². The van der Waals surface area contributed by atoms with Crippen LogP contribution in [0.3, 0.4) is 0 Å². The normalized spacial score (nSPS) is 14.1. The first kappa shape index (κ1) is 20.9. The van der Waals surface area contributed by atoms with E-state index in [0.29, 0.717) is 11.3 Å². The van der Waals surface area contributed by atoms with Crippen LogP contribution in [0, 0.1) is 6.92 Å². The zero-order valence-electron chi connectivity index (χ0n) is 18.2. The Bertz CT molecular complexity index is 1020. The summed E-state index contributed by atoms with van der Waals surface area (Å²) >= 11 is 0. The average molecular weight is 416 g/mol. The van der Waals surface area contributed by atoms with E-state index < -0.39 is 0 Å². The van der Waals surface area contributed by atoms with Crippen LogP contribution in [0.4, 0.5) is 11.5 Å². The molecule has 1 amide bonds. The van der Waals surface area contributed by atoms with Gasteiger partial charge in [-0.3, -0.25) is 4.79 Å². The number of nitrogens with zero attached hydrogens (tertiary/aromatic N) is 2. The lowest BCUT2D eigenvalue weighted by atomic mass is 9.98. The summed E-state index contributed by atoms with van der Waals surface area (Å²) in [6, 6.07) is 17.6. The van der Waals surface area contributed by atoms with Gasteiger partial charge in [-0.15, -0.1) is 0 Å². The van der Waals surface area contributed by atoms with E-state index in [4.69, 9.17) is 4.74 Å². The number of rotatable bonds is 5. The van der Waals surface area contributed by atoms with Crippen molar-refractivity contribution >= 4 is 17.4 Å². The van der Waals surface area contributed by atoms with Crippen molar-refractivity contribution < 1.29 is 9.53 Å². The van der Waals surface area contributed by atoms with Gasteiger partial charge in [0.15, 0.2) is 0 Å². The van der Waals surface area contributed by atoms with E-state index in [9.17, 15) is 4.79 Å². The van der Waals surface area contributed by atoms with Crippen LogP contribution in [0.25, 0.3) is 11.1 Å². The van der Waals surface area contributed by atoms with Crippen LogP contribution >= 0.6 is 0 Å². The van der Waals surface area contributed by atoms with E-state index in [0.717, 1.165) is 41.3 Å². The number of amides is 1. The minimum Gasteiger partial charge on any atom is -0.497 e. The van der Waals surface area contributed by atoms with Crippen LogP contribution in [0.1, 0.15) is 41.6 Å². The average Bonchev–Trinajstić information content (AvgIpc) is 3.10. The number of aromatic nitrogens is 1. The summed E-state index contributed by atoms with van der Waals surface area (Å²) in [6.07, 6.45) is 6.75. The Balaban J connectivity index is 1.48. The van der Waals surface area contributed by atoms with Gasteiger partial charge in [0.25, 0.3) is 5.91 Å². The van der Waals surface area contributed by atoms with Crippen LogP contribution in [0.2, 0.25) is 0 Å². The standard InChI is InChI=1S/C26H29N3O2/c1-19-7-8-21(17-24(19)20-9-12-23(31-2)13-10-20)26(30)28-22-11-14-25(27-18-22)29-15-5-3-4-6-16-29/h7-14,17-18H,3-6,15-16H2,1-2H3,(H,28,30). The molecule has 0 spiro atoms. The minimum absolute atomic E-state index is 0.140.